The summed E-state index contributed by atoms with van der Waals surface area (Å²) >= 11 is 0. The highest BCUT2D eigenvalue weighted by molar-refractivity contribution is 5.94. The molecule has 0 heterocycles. The van der Waals surface area contributed by atoms with Gasteiger partial charge in [-0.1, -0.05) is 0 Å². The Labute approximate surface area is 102 Å². The summed E-state index contributed by atoms with van der Waals surface area (Å²) in [6.07, 6.45) is -3.05. The minimum atomic E-state index is -4.53. The van der Waals surface area contributed by atoms with Crippen molar-refractivity contribution in [1.29, 1.82) is 0 Å². The molecule has 1 saturated carbocycles. The molecule has 1 fully saturated rings. The van der Waals surface area contributed by atoms with Crippen LogP contribution in [0, 0.1) is 5.92 Å². The first-order chi connectivity index (χ1) is 8.41. The first kappa shape index (κ1) is 12.7. The van der Waals surface area contributed by atoms with Crippen LogP contribution in [-0.4, -0.2) is 13.0 Å². The third-order valence-electron chi connectivity index (χ3n) is 2.74. The molecule has 1 N–H and O–H groups in total. The largest absolute Gasteiger partial charge is 0.497 e. The molecule has 0 bridgehead atoms. The highest BCUT2D eigenvalue weighted by Gasteiger charge is 2.36. The topological polar surface area (TPSA) is 38.3 Å². The summed E-state index contributed by atoms with van der Waals surface area (Å²) in [5.74, 6) is -0.398. The molecule has 0 saturated heterocycles. The molecule has 1 amide bonds. The Kier molecular flexibility index (Phi) is 3.19. The maximum Gasteiger partial charge on any atom is 0.418 e. The quantitative estimate of drug-likeness (QED) is 0.906. The fourth-order valence-corrected chi connectivity index (χ4v) is 1.57. The van der Waals surface area contributed by atoms with E-state index in [-0.39, 0.29) is 23.3 Å². The minimum absolute atomic E-state index is 0.103. The molecule has 0 radical (unpaired) electrons. The number of amides is 1. The molecule has 18 heavy (non-hydrogen) atoms. The third kappa shape index (κ3) is 2.75. The number of rotatable bonds is 3. The van der Waals surface area contributed by atoms with Gasteiger partial charge in [-0.15, -0.1) is 0 Å². The van der Waals surface area contributed by atoms with Crippen LogP contribution in [0.5, 0.6) is 5.75 Å². The van der Waals surface area contributed by atoms with E-state index in [0.717, 1.165) is 18.9 Å². The number of hydrogen-bond acceptors (Lipinski definition) is 2. The lowest BCUT2D eigenvalue weighted by Gasteiger charge is -2.14. The van der Waals surface area contributed by atoms with Crippen LogP contribution in [0.3, 0.4) is 0 Å². The van der Waals surface area contributed by atoms with E-state index in [9.17, 15) is 18.0 Å². The van der Waals surface area contributed by atoms with E-state index in [2.05, 4.69) is 5.32 Å². The monoisotopic (exact) mass is 259 g/mol. The highest BCUT2D eigenvalue weighted by atomic mass is 19.4. The predicted molar refractivity (Wildman–Crippen MR) is 59.3 cm³/mol. The minimum Gasteiger partial charge on any atom is -0.497 e. The zero-order chi connectivity index (χ0) is 13.3. The van der Waals surface area contributed by atoms with Gasteiger partial charge in [0.15, 0.2) is 0 Å². The van der Waals surface area contributed by atoms with Gasteiger partial charge in [0, 0.05) is 5.92 Å². The van der Waals surface area contributed by atoms with Gasteiger partial charge < -0.3 is 10.1 Å². The zero-order valence-corrected chi connectivity index (χ0v) is 9.67. The number of anilines is 1. The molecule has 2 rings (SSSR count). The van der Waals surface area contributed by atoms with E-state index in [1.807, 2.05) is 0 Å². The molecule has 1 aromatic carbocycles. The molecule has 0 atom stereocenters. The van der Waals surface area contributed by atoms with Crippen molar-refractivity contribution in [3.05, 3.63) is 23.8 Å². The second-order valence-electron chi connectivity index (χ2n) is 4.17. The number of alkyl halides is 3. The summed E-state index contributed by atoms with van der Waals surface area (Å²) in [5, 5.41) is 2.32. The molecule has 1 aliphatic rings. The van der Waals surface area contributed by atoms with Gasteiger partial charge in [0.2, 0.25) is 5.91 Å². The van der Waals surface area contributed by atoms with E-state index in [1.165, 1.54) is 19.2 Å². The van der Waals surface area contributed by atoms with Gasteiger partial charge in [0.25, 0.3) is 0 Å². The van der Waals surface area contributed by atoms with Crippen LogP contribution < -0.4 is 10.1 Å². The van der Waals surface area contributed by atoms with Crippen molar-refractivity contribution in [2.24, 2.45) is 5.92 Å². The van der Waals surface area contributed by atoms with E-state index in [4.69, 9.17) is 4.74 Å². The number of ether oxygens (including phenoxy) is 1. The van der Waals surface area contributed by atoms with Crippen molar-refractivity contribution >= 4 is 11.6 Å². The number of benzene rings is 1. The molecule has 0 spiro atoms. The number of carbonyl (C=O) groups is 1. The van der Waals surface area contributed by atoms with Gasteiger partial charge in [-0.25, -0.2) is 0 Å². The molecule has 1 aliphatic carbocycles. The van der Waals surface area contributed by atoms with Gasteiger partial charge in [-0.2, -0.15) is 13.2 Å². The lowest BCUT2D eigenvalue weighted by molar-refractivity contribution is -0.137. The third-order valence-corrected chi connectivity index (χ3v) is 2.74. The smallest absolute Gasteiger partial charge is 0.418 e. The zero-order valence-electron chi connectivity index (χ0n) is 9.67. The van der Waals surface area contributed by atoms with Crippen LogP contribution in [0.25, 0.3) is 0 Å². The van der Waals surface area contributed by atoms with Crippen molar-refractivity contribution in [3.63, 3.8) is 0 Å². The molecule has 0 unspecified atom stereocenters. The van der Waals surface area contributed by atoms with Gasteiger partial charge in [-0.05, 0) is 31.0 Å². The molecule has 0 aliphatic heterocycles. The van der Waals surface area contributed by atoms with Crippen LogP contribution in [-0.2, 0) is 11.0 Å². The first-order valence-corrected chi connectivity index (χ1v) is 5.48. The van der Waals surface area contributed by atoms with Crippen molar-refractivity contribution in [3.8, 4) is 5.75 Å². The van der Waals surface area contributed by atoms with Crippen molar-refractivity contribution < 1.29 is 22.7 Å². The van der Waals surface area contributed by atoms with Crippen LogP contribution in [0.15, 0.2) is 18.2 Å². The lowest BCUT2D eigenvalue weighted by atomic mass is 10.1. The summed E-state index contributed by atoms with van der Waals surface area (Å²) in [6.45, 7) is 0. The van der Waals surface area contributed by atoms with Gasteiger partial charge in [0.05, 0.1) is 18.4 Å². The maximum atomic E-state index is 12.8. The fraction of sp³-hybridized carbons (Fsp3) is 0.417. The predicted octanol–water partition coefficient (Wildman–Crippen LogP) is 3.06. The molecular formula is C12H12F3NO2. The second kappa shape index (κ2) is 4.51. The molecular weight excluding hydrogens is 247 g/mol. The maximum absolute atomic E-state index is 12.8. The van der Waals surface area contributed by atoms with Crippen LogP contribution in [0.4, 0.5) is 18.9 Å². The standard InChI is InChI=1S/C12H12F3NO2/c1-18-8-4-5-10(9(6-8)12(13,14)15)16-11(17)7-2-3-7/h4-7H,2-3H2,1H3,(H,16,17). The summed E-state index contributed by atoms with van der Waals surface area (Å²) in [5.41, 5.74) is -1.11. The van der Waals surface area contributed by atoms with Crippen LogP contribution in [0.2, 0.25) is 0 Å². The first-order valence-electron chi connectivity index (χ1n) is 5.48. The summed E-state index contributed by atoms with van der Waals surface area (Å²) in [6, 6.07) is 3.47. The number of carbonyl (C=O) groups excluding carboxylic acids is 1. The molecule has 0 aromatic heterocycles. The summed E-state index contributed by atoms with van der Waals surface area (Å²) < 4.78 is 43.2. The lowest BCUT2D eigenvalue weighted by Crippen LogP contribution is -2.17. The Bertz CT molecular complexity index is 467. The average Bonchev–Trinajstić information content (AvgIpc) is 3.11. The Morgan fingerprint density at radius 1 is 1.39 bits per heavy atom. The highest BCUT2D eigenvalue weighted by Crippen LogP contribution is 2.38. The number of hydrogen-bond donors (Lipinski definition) is 1. The molecule has 6 heteroatoms. The average molecular weight is 259 g/mol. The van der Waals surface area contributed by atoms with Crippen molar-refractivity contribution in [1.82, 2.24) is 0 Å². The summed E-state index contributed by atoms with van der Waals surface area (Å²) in [4.78, 5) is 11.5. The Balaban J connectivity index is 2.29. The Morgan fingerprint density at radius 3 is 2.56 bits per heavy atom. The van der Waals surface area contributed by atoms with E-state index in [1.54, 1.807) is 0 Å². The molecule has 98 valence electrons. The van der Waals surface area contributed by atoms with Gasteiger partial charge in [0.1, 0.15) is 5.75 Å². The second-order valence-corrected chi connectivity index (χ2v) is 4.17. The fourth-order valence-electron chi connectivity index (χ4n) is 1.57. The molecule has 1 aromatic rings. The normalized spacial score (nSPS) is 15.3. The van der Waals surface area contributed by atoms with Crippen LogP contribution in [0.1, 0.15) is 18.4 Å². The SMILES string of the molecule is COc1ccc(NC(=O)C2CC2)c(C(F)(F)F)c1. The number of methoxy groups -OCH3 is 1. The molecule has 3 nitrogen and oxygen atoms in total. The van der Waals surface area contributed by atoms with E-state index >= 15 is 0 Å². The Hall–Kier alpha value is -1.72. The van der Waals surface area contributed by atoms with Crippen LogP contribution >= 0.6 is 0 Å². The summed E-state index contributed by atoms with van der Waals surface area (Å²) in [7, 11) is 1.29. The van der Waals surface area contributed by atoms with Gasteiger partial charge in [-0.3, -0.25) is 4.79 Å². The number of halogens is 3. The Morgan fingerprint density at radius 2 is 2.06 bits per heavy atom. The van der Waals surface area contributed by atoms with E-state index < -0.39 is 11.7 Å². The van der Waals surface area contributed by atoms with Gasteiger partial charge >= 0.3 is 6.18 Å². The van der Waals surface area contributed by atoms with Crippen molar-refractivity contribution in [2.75, 3.05) is 12.4 Å². The number of nitrogens with one attached hydrogen (secondary N) is 1. The van der Waals surface area contributed by atoms with E-state index in [0.29, 0.717) is 0 Å². The van der Waals surface area contributed by atoms with Crippen molar-refractivity contribution in [2.45, 2.75) is 19.0 Å².